The molecule has 23 heavy (non-hydrogen) atoms. The minimum atomic E-state index is -0.0503. The first kappa shape index (κ1) is 16.8. The lowest BCUT2D eigenvalue weighted by Crippen LogP contribution is -2.22. The number of H-pyrrole nitrogens is 1. The largest absolute Gasteiger partial charge is 0.395 e. The first-order valence-corrected chi connectivity index (χ1v) is 7.42. The number of aliphatic hydroxyl groups is 1. The molecule has 0 fully saturated rings. The maximum Gasteiger partial charge on any atom is 0.269 e. The maximum atomic E-state index is 11.8. The normalized spacial score (nSPS) is 10.4. The van der Waals surface area contributed by atoms with Crippen LogP contribution < -0.4 is 10.2 Å². The highest BCUT2D eigenvalue weighted by atomic mass is 16.3. The van der Waals surface area contributed by atoms with Gasteiger partial charge in [0.25, 0.3) is 5.91 Å². The van der Waals surface area contributed by atoms with Crippen LogP contribution >= 0.6 is 0 Å². The van der Waals surface area contributed by atoms with Gasteiger partial charge in [0.05, 0.1) is 25.0 Å². The zero-order valence-corrected chi connectivity index (χ0v) is 13.7. The van der Waals surface area contributed by atoms with E-state index in [1.54, 1.807) is 26.4 Å². The maximum absolute atomic E-state index is 11.8. The fourth-order valence-electron chi connectivity index (χ4n) is 2.09. The number of hydrogen-bond donors (Lipinski definition) is 3. The smallest absolute Gasteiger partial charge is 0.269 e. The summed E-state index contributed by atoms with van der Waals surface area (Å²) in [6, 6.07) is 7.49. The molecule has 0 saturated heterocycles. The zero-order valence-electron chi connectivity index (χ0n) is 13.7. The van der Waals surface area contributed by atoms with E-state index in [-0.39, 0.29) is 12.5 Å². The second-order valence-electron chi connectivity index (χ2n) is 5.50. The molecule has 0 aromatic carbocycles. The Hall–Kier alpha value is -2.54. The Bertz CT molecular complexity index is 636. The highest BCUT2D eigenvalue weighted by molar-refractivity contribution is 5.92. The van der Waals surface area contributed by atoms with E-state index in [0.717, 1.165) is 17.2 Å². The fraction of sp³-hybridized carbons (Fsp3) is 0.375. The van der Waals surface area contributed by atoms with Crippen LogP contribution in [-0.4, -0.2) is 60.2 Å². The van der Waals surface area contributed by atoms with Crippen molar-refractivity contribution >= 4 is 17.4 Å². The molecular formula is C16H23N5O2. The summed E-state index contributed by atoms with van der Waals surface area (Å²) in [5, 5.41) is 12.1. The molecule has 2 heterocycles. The number of carbonyl (C=O) groups is 1. The van der Waals surface area contributed by atoms with E-state index in [1.165, 1.54) is 4.90 Å². The van der Waals surface area contributed by atoms with Gasteiger partial charge in [0.2, 0.25) is 0 Å². The second-order valence-corrected chi connectivity index (χ2v) is 5.50. The van der Waals surface area contributed by atoms with E-state index in [2.05, 4.69) is 15.3 Å². The number of hydrogen-bond acceptors (Lipinski definition) is 5. The molecule has 0 aliphatic carbocycles. The number of nitrogens with zero attached hydrogens (tertiary/aromatic N) is 3. The molecule has 0 radical (unpaired) electrons. The molecule has 0 aliphatic rings. The third-order valence-electron chi connectivity index (χ3n) is 3.47. The van der Waals surface area contributed by atoms with Gasteiger partial charge in [0.15, 0.2) is 0 Å². The number of amides is 1. The summed E-state index contributed by atoms with van der Waals surface area (Å²) in [6.07, 6.45) is 1.76. The van der Waals surface area contributed by atoms with Crippen molar-refractivity contribution in [1.82, 2.24) is 14.9 Å². The molecule has 1 amide bonds. The van der Waals surface area contributed by atoms with Gasteiger partial charge < -0.3 is 25.2 Å². The number of aliphatic hydroxyl groups excluding tert-OH is 1. The Kier molecular flexibility index (Phi) is 5.59. The first-order valence-electron chi connectivity index (χ1n) is 7.42. The van der Waals surface area contributed by atoms with Crippen LogP contribution in [0.4, 0.5) is 11.5 Å². The predicted molar refractivity (Wildman–Crippen MR) is 90.7 cm³/mol. The molecule has 3 N–H and O–H groups in total. The van der Waals surface area contributed by atoms with E-state index in [9.17, 15) is 4.79 Å². The van der Waals surface area contributed by atoms with Gasteiger partial charge in [0.1, 0.15) is 11.5 Å². The van der Waals surface area contributed by atoms with Gasteiger partial charge in [-0.25, -0.2) is 4.98 Å². The highest BCUT2D eigenvalue weighted by Crippen LogP contribution is 2.14. The third kappa shape index (κ3) is 4.46. The molecule has 0 bridgehead atoms. The Balaban J connectivity index is 1.92. The number of pyridine rings is 1. The van der Waals surface area contributed by atoms with Crippen molar-refractivity contribution < 1.29 is 9.90 Å². The molecular weight excluding hydrogens is 294 g/mol. The predicted octanol–water partition coefficient (Wildman–Crippen LogP) is 1.15. The van der Waals surface area contributed by atoms with Crippen molar-refractivity contribution in [1.29, 1.82) is 0 Å². The van der Waals surface area contributed by atoms with Crippen LogP contribution in [0.25, 0.3) is 0 Å². The van der Waals surface area contributed by atoms with E-state index in [1.807, 2.05) is 30.1 Å². The number of carbonyl (C=O) groups excluding carboxylic acids is 1. The minimum Gasteiger partial charge on any atom is -0.395 e. The number of aromatic amines is 1. The Morgan fingerprint density at radius 2 is 2.04 bits per heavy atom. The van der Waals surface area contributed by atoms with Gasteiger partial charge in [-0.05, 0) is 24.3 Å². The van der Waals surface area contributed by atoms with Gasteiger partial charge in [0, 0.05) is 33.4 Å². The lowest BCUT2D eigenvalue weighted by molar-refractivity contribution is 0.0822. The summed E-state index contributed by atoms with van der Waals surface area (Å²) in [6.45, 7) is 1.23. The van der Waals surface area contributed by atoms with Crippen LogP contribution in [-0.2, 0) is 6.54 Å². The van der Waals surface area contributed by atoms with Gasteiger partial charge in [-0.3, -0.25) is 4.79 Å². The molecule has 124 valence electrons. The van der Waals surface area contributed by atoms with E-state index >= 15 is 0 Å². The Morgan fingerprint density at radius 1 is 1.26 bits per heavy atom. The van der Waals surface area contributed by atoms with Gasteiger partial charge in [-0.2, -0.15) is 0 Å². The fourth-order valence-corrected chi connectivity index (χ4v) is 2.09. The average molecular weight is 317 g/mol. The molecule has 2 aromatic rings. The van der Waals surface area contributed by atoms with Crippen molar-refractivity contribution in [3.63, 3.8) is 0 Å². The summed E-state index contributed by atoms with van der Waals surface area (Å²) in [4.78, 5) is 22.7. The van der Waals surface area contributed by atoms with Crippen LogP contribution in [0.3, 0.4) is 0 Å². The molecule has 2 aromatic heterocycles. The van der Waals surface area contributed by atoms with Crippen LogP contribution in [0, 0.1) is 0 Å². The lowest BCUT2D eigenvalue weighted by Gasteiger charge is -2.17. The van der Waals surface area contributed by atoms with Gasteiger partial charge in [-0.15, -0.1) is 0 Å². The number of rotatable bonds is 7. The van der Waals surface area contributed by atoms with Crippen LogP contribution in [0.2, 0.25) is 0 Å². The Labute approximate surface area is 135 Å². The third-order valence-corrected chi connectivity index (χ3v) is 3.47. The number of likely N-dealkylation sites (N-methyl/N-ethyl adjacent to an activating group) is 1. The standard InChI is InChI=1S/C16H23N5O2/c1-20(2)16(23)14-6-4-12(19-14)10-17-15-7-5-13(11-18-15)21(3)8-9-22/h4-7,11,19,22H,8-10H2,1-3H3,(H,17,18). The van der Waals surface area contributed by atoms with Crippen LogP contribution in [0.1, 0.15) is 16.2 Å². The monoisotopic (exact) mass is 317 g/mol. The van der Waals surface area contributed by atoms with Gasteiger partial charge in [-0.1, -0.05) is 0 Å². The van der Waals surface area contributed by atoms with Gasteiger partial charge >= 0.3 is 0 Å². The summed E-state index contributed by atoms with van der Waals surface area (Å²) in [7, 11) is 5.35. The Morgan fingerprint density at radius 3 is 2.65 bits per heavy atom. The molecule has 7 nitrogen and oxygen atoms in total. The average Bonchev–Trinajstić information content (AvgIpc) is 3.01. The number of anilines is 2. The summed E-state index contributed by atoms with van der Waals surface area (Å²) >= 11 is 0. The number of aromatic nitrogens is 2. The van der Waals surface area contributed by atoms with Crippen molar-refractivity contribution in [2.75, 3.05) is 44.5 Å². The van der Waals surface area contributed by atoms with E-state index in [4.69, 9.17) is 5.11 Å². The SMILES string of the molecule is CN(C)C(=O)c1ccc(CNc2ccc(N(C)CCO)cn2)[nH]1. The molecule has 0 spiro atoms. The highest BCUT2D eigenvalue weighted by Gasteiger charge is 2.10. The van der Waals surface area contributed by atoms with Crippen molar-refractivity contribution in [2.24, 2.45) is 0 Å². The molecule has 0 saturated carbocycles. The zero-order chi connectivity index (χ0) is 16.8. The second kappa shape index (κ2) is 7.64. The molecule has 2 rings (SSSR count). The first-order chi connectivity index (χ1) is 11.0. The molecule has 7 heteroatoms. The van der Waals surface area contributed by atoms with Crippen molar-refractivity contribution in [3.05, 3.63) is 41.9 Å². The minimum absolute atomic E-state index is 0.0503. The topological polar surface area (TPSA) is 84.5 Å². The summed E-state index contributed by atoms with van der Waals surface area (Å²) < 4.78 is 0. The van der Waals surface area contributed by atoms with E-state index in [0.29, 0.717) is 18.8 Å². The quantitative estimate of drug-likeness (QED) is 0.713. The van der Waals surface area contributed by atoms with Crippen molar-refractivity contribution in [3.8, 4) is 0 Å². The van der Waals surface area contributed by atoms with Crippen LogP contribution in [0.15, 0.2) is 30.5 Å². The summed E-state index contributed by atoms with van der Waals surface area (Å²) in [5.74, 6) is 0.701. The lowest BCUT2D eigenvalue weighted by atomic mass is 10.3. The van der Waals surface area contributed by atoms with E-state index < -0.39 is 0 Å². The van der Waals surface area contributed by atoms with Crippen LogP contribution in [0.5, 0.6) is 0 Å². The summed E-state index contributed by atoms with van der Waals surface area (Å²) in [5.41, 5.74) is 2.43. The molecule has 0 aliphatic heterocycles. The number of nitrogens with one attached hydrogen (secondary N) is 2. The molecule has 0 atom stereocenters. The molecule has 0 unspecified atom stereocenters. The van der Waals surface area contributed by atoms with Crippen molar-refractivity contribution in [2.45, 2.75) is 6.54 Å².